The van der Waals surface area contributed by atoms with Gasteiger partial charge < -0.3 is 14.5 Å². The number of hydrogen-bond acceptors (Lipinski definition) is 5. The van der Waals surface area contributed by atoms with Gasteiger partial charge in [-0.25, -0.2) is 0 Å². The van der Waals surface area contributed by atoms with Crippen molar-refractivity contribution in [3.8, 4) is 11.8 Å². The molecule has 7 heteroatoms. The van der Waals surface area contributed by atoms with Crippen molar-refractivity contribution >= 4 is 29.1 Å². The molecule has 108 valence electrons. The van der Waals surface area contributed by atoms with E-state index in [1.54, 1.807) is 24.3 Å². The molecule has 0 spiro atoms. The van der Waals surface area contributed by atoms with E-state index < -0.39 is 0 Å². The molecule has 0 aliphatic rings. The van der Waals surface area contributed by atoms with Gasteiger partial charge in [-0.3, -0.25) is 0 Å². The molecule has 0 bridgehead atoms. The molecule has 0 aliphatic carbocycles. The van der Waals surface area contributed by atoms with Crippen LogP contribution in [-0.4, -0.2) is 11.5 Å². The van der Waals surface area contributed by atoms with Gasteiger partial charge in [0.2, 0.25) is 17.5 Å². The van der Waals surface area contributed by atoms with E-state index in [1.165, 1.54) is 0 Å². The maximum Gasteiger partial charge on any atom is 0.236 e. The lowest BCUT2D eigenvalue weighted by Gasteiger charge is -2.05. The van der Waals surface area contributed by atoms with Crippen LogP contribution in [0.25, 0.3) is 0 Å². The van der Waals surface area contributed by atoms with Gasteiger partial charge in [0, 0.05) is 11.6 Å². The Morgan fingerprint density at radius 2 is 2.29 bits per heavy atom. The molecule has 21 heavy (non-hydrogen) atoms. The first-order chi connectivity index (χ1) is 10.1. The first-order valence-electron chi connectivity index (χ1n) is 5.96. The Morgan fingerprint density at radius 1 is 1.48 bits per heavy atom. The van der Waals surface area contributed by atoms with Crippen LogP contribution < -0.4 is 10.1 Å². The second-order valence-corrected chi connectivity index (χ2v) is 4.77. The molecule has 2 rings (SSSR count). The fourth-order valence-electron chi connectivity index (χ4n) is 1.52. The zero-order valence-corrected chi connectivity index (χ0v) is 12.4. The van der Waals surface area contributed by atoms with Crippen LogP contribution in [0.4, 0.5) is 5.88 Å². The molecule has 0 radical (unpaired) electrons. The highest BCUT2D eigenvalue weighted by atomic mass is 35.5. The molecular weight excluding hydrogens is 313 g/mol. The summed E-state index contributed by atoms with van der Waals surface area (Å²) in [7, 11) is 0. The molecule has 0 amide bonds. The lowest BCUT2D eigenvalue weighted by atomic mass is 10.3. The van der Waals surface area contributed by atoms with Crippen molar-refractivity contribution in [1.29, 1.82) is 5.26 Å². The zero-order valence-electron chi connectivity index (χ0n) is 10.9. The van der Waals surface area contributed by atoms with Crippen LogP contribution in [0.15, 0.2) is 35.3 Å². The number of rotatable bonds is 6. The Balaban J connectivity index is 2.08. The van der Waals surface area contributed by atoms with Gasteiger partial charge in [0.15, 0.2) is 6.61 Å². The van der Waals surface area contributed by atoms with Crippen LogP contribution in [0.1, 0.15) is 11.6 Å². The minimum Gasteiger partial charge on any atom is -0.482 e. The Bertz CT molecular complexity index is 692. The number of oxazole rings is 1. The van der Waals surface area contributed by atoms with Crippen LogP contribution in [0.3, 0.4) is 0 Å². The predicted molar refractivity (Wildman–Crippen MR) is 80.7 cm³/mol. The quantitative estimate of drug-likeness (QED) is 0.812. The highest BCUT2D eigenvalue weighted by molar-refractivity contribution is 6.35. The van der Waals surface area contributed by atoms with E-state index in [0.29, 0.717) is 28.2 Å². The second kappa shape index (κ2) is 7.02. The van der Waals surface area contributed by atoms with Crippen LogP contribution >= 0.6 is 23.2 Å². The van der Waals surface area contributed by atoms with Gasteiger partial charge >= 0.3 is 0 Å². The molecule has 2 aromatic rings. The fraction of sp³-hybridized carbons (Fsp3) is 0.143. The van der Waals surface area contributed by atoms with Crippen LogP contribution in [0.2, 0.25) is 10.0 Å². The largest absolute Gasteiger partial charge is 0.482 e. The number of nitriles is 1. The van der Waals surface area contributed by atoms with Crippen molar-refractivity contribution in [2.45, 2.75) is 6.61 Å². The average Bonchev–Trinajstić information content (AvgIpc) is 2.86. The number of halogens is 2. The smallest absolute Gasteiger partial charge is 0.236 e. The van der Waals surface area contributed by atoms with Gasteiger partial charge in [-0.15, -0.1) is 6.58 Å². The molecule has 0 unspecified atom stereocenters. The van der Waals surface area contributed by atoms with Crippen molar-refractivity contribution in [3.63, 3.8) is 0 Å². The minimum atomic E-state index is 0.0474. The predicted octanol–water partition coefficient (Wildman–Crippen LogP) is 4.03. The normalized spacial score (nSPS) is 9.95. The molecule has 0 saturated carbocycles. The van der Waals surface area contributed by atoms with Crippen molar-refractivity contribution < 1.29 is 9.15 Å². The van der Waals surface area contributed by atoms with Crippen molar-refractivity contribution in [2.75, 3.05) is 11.9 Å². The average molecular weight is 324 g/mol. The third-order valence-electron chi connectivity index (χ3n) is 2.43. The summed E-state index contributed by atoms with van der Waals surface area (Å²) in [5.74, 6) is 1.01. The van der Waals surface area contributed by atoms with Gasteiger partial charge in [-0.2, -0.15) is 10.2 Å². The first kappa shape index (κ1) is 15.2. The van der Waals surface area contributed by atoms with E-state index in [4.69, 9.17) is 37.6 Å². The molecule has 0 fully saturated rings. The maximum atomic E-state index is 8.98. The van der Waals surface area contributed by atoms with E-state index in [1.807, 2.05) is 6.07 Å². The third-order valence-corrected chi connectivity index (χ3v) is 2.96. The Morgan fingerprint density at radius 3 is 2.95 bits per heavy atom. The Hall–Kier alpha value is -2.16. The Labute approximate surface area is 131 Å². The van der Waals surface area contributed by atoms with E-state index in [2.05, 4.69) is 16.9 Å². The number of benzene rings is 1. The van der Waals surface area contributed by atoms with Crippen LogP contribution in [0, 0.1) is 11.3 Å². The molecule has 0 atom stereocenters. The van der Waals surface area contributed by atoms with Crippen LogP contribution in [0.5, 0.6) is 5.75 Å². The summed E-state index contributed by atoms with van der Waals surface area (Å²) in [6.07, 6.45) is 1.65. The van der Waals surface area contributed by atoms with Gasteiger partial charge in [-0.05, 0) is 18.2 Å². The fourth-order valence-corrected chi connectivity index (χ4v) is 1.98. The molecule has 0 saturated heterocycles. The van der Waals surface area contributed by atoms with E-state index in [9.17, 15) is 0 Å². The zero-order chi connectivity index (χ0) is 15.2. The number of aromatic nitrogens is 1. The summed E-state index contributed by atoms with van der Waals surface area (Å²) in [4.78, 5) is 4.03. The maximum absolute atomic E-state index is 8.98. The summed E-state index contributed by atoms with van der Waals surface area (Å²) >= 11 is 11.8. The first-order valence-corrected chi connectivity index (χ1v) is 6.72. The molecule has 1 N–H and O–H groups in total. The molecular formula is C14H11Cl2N3O2. The summed E-state index contributed by atoms with van der Waals surface area (Å²) in [5.41, 5.74) is 0.164. The van der Waals surface area contributed by atoms with Gasteiger partial charge in [0.1, 0.15) is 11.8 Å². The molecule has 5 nitrogen and oxygen atoms in total. The van der Waals surface area contributed by atoms with Crippen molar-refractivity contribution in [2.24, 2.45) is 0 Å². The van der Waals surface area contributed by atoms with E-state index in [0.717, 1.165) is 0 Å². The second-order valence-electron chi connectivity index (χ2n) is 3.93. The van der Waals surface area contributed by atoms with Crippen molar-refractivity contribution in [1.82, 2.24) is 4.98 Å². The number of anilines is 1. The lowest BCUT2D eigenvalue weighted by molar-refractivity contribution is 0.265. The van der Waals surface area contributed by atoms with Gasteiger partial charge in [-0.1, -0.05) is 29.3 Å². The van der Waals surface area contributed by atoms with E-state index >= 15 is 0 Å². The van der Waals surface area contributed by atoms with Crippen molar-refractivity contribution in [3.05, 3.63) is 52.5 Å². The third kappa shape index (κ3) is 3.91. The summed E-state index contributed by atoms with van der Waals surface area (Å²) in [6.45, 7) is 4.09. The lowest BCUT2D eigenvalue weighted by Crippen LogP contribution is -1.97. The summed E-state index contributed by atoms with van der Waals surface area (Å²) in [6, 6.07) is 6.83. The van der Waals surface area contributed by atoms with Gasteiger partial charge in [0.25, 0.3) is 0 Å². The summed E-state index contributed by atoms with van der Waals surface area (Å²) in [5, 5.41) is 12.8. The molecule has 1 aromatic heterocycles. The van der Waals surface area contributed by atoms with Gasteiger partial charge in [0.05, 0.1) is 5.02 Å². The number of nitrogens with one attached hydrogen (secondary N) is 1. The monoisotopic (exact) mass is 323 g/mol. The highest BCUT2D eigenvalue weighted by Crippen LogP contribution is 2.28. The number of hydrogen-bond donors (Lipinski definition) is 1. The number of nitrogens with zero attached hydrogens (tertiary/aromatic N) is 2. The highest BCUT2D eigenvalue weighted by Gasteiger charge is 2.13. The topological polar surface area (TPSA) is 71.1 Å². The Kier molecular flexibility index (Phi) is 5.09. The number of ether oxygens (including phenoxy) is 1. The molecule has 0 aliphatic heterocycles. The molecule has 1 aromatic carbocycles. The minimum absolute atomic E-state index is 0.0474. The van der Waals surface area contributed by atoms with E-state index in [-0.39, 0.29) is 18.2 Å². The molecule has 1 heterocycles. The SMILES string of the molecule is C=CCNc1oc(COc2ccc(Cl)cc2Cl)nc1C#N. The van der Waals surface area contributed by atoms with Crippen LogP contribution in [-0.2, 0) is 6.61 Å². The standard InChI is InChI=1S/C14H11Cl2N3O2/c1-2-5-18-14-11(7-17)19-13(21-14)8-20-12-4-3-9(15)6-10(12)16/h2-4,6,18H,1,5,8H2. The summed E-state index contributed by atoms with van der Waals surface area (Å²) < 4.78 is 10.9.